The zero-order valence-corrected chi connectivity index (χ0v) is 21.3. The summed E-state index contributed by atoms with van der Waals surface area (Å²) in [6, 6.07) is 20.8. The number of aromatic nitrogens is 2. The molecule has 2 aliphatic rings. The SMILES string of the molecule is O=c1c2c3c(sc2nc(SCC2CN(Cc4ccccc4)CCO2)n1Cc1ccccc1)CCC3. The molecule has 7 heteroatoms. The van der Waals surface area contributed by atoms with Gasteiger partial charge in [-0.15, -0.1) is 11.3 Å². The Bertz CT molecular complexity index is 1370. The summed E-state index contributed by atoms with van der Waals surface area (Å²) >= 11 is 3.37. The molecule has 35 heavy (non-hydrogen) atoms. The van der Waals surface area contributed by atoms with Crippen LogP contribution in [0.25, 0.3) is 10.2 Å². The Morgan fingerprint density at radius 3 is 2.51 bits per heavy atom. The first kappa shape index (κ1) is 23.0. The van der Waals surface area contributed by atoms with E-state index >= 15 is 0 Å². The standard InChI is InChI=1S/C28H29N3O2S2/c32-27-25-23-12-7-13-24(23)35-26(25)29-28(31(27)17-21-10-5-2-6-11-21)34-19-22-18-30(14-15-33-22)16-20-8-3-1-4-9-20/h1-6,8-11,22H,7,12-19H2. The van der Waals surface area contributed by atoms with Crippen LogP contribution in [0.1, 0.15) is 28.0 Å². The molecule has 1 saturated heterocycles. The van der Waals surface area contributed by atoms with E-state index in [9.17, 15) is 4.79 Å². The van der Waals surface area contributed by atoms with Crippen LogP contribution in [0.15, 0.2) is 70.6 Å². The lowest BCUT2D eigenvalue weighted by Crippen LogP contribution is -2.43. The molecule has 0 amide bonds. The van der Waals surface area contributed by atoms with Crippen LogP contribution in [0.3, 0.4) is 0 Å². The van der Waals surface area contributed by atoms with E-state index in [4.69, 9.17) is 9.72 Å². The molecule has 0 N–H and O–H groups in total. The van der Waals surface area contributed by atoms with Crippen LogP contribution in [0.4, 0.5) is 0 Å². The fraction of sp³-hybridized carbons (Fsp3) is 0.357. The molecule has 0 radical (unpaired) electrons. The van der Waals surface area contributed by atoms with E-state index in [0.29, 0.717) is 6.54 Å². The number of aryl methyl sites for hydroxylation is 2. The van der Waals surface area contributed by atoms with Crippen molar-refractivity contribution >= 4 is 33.3 Å². The predicted molar refractivity (Wildman–Crippen MR) is 144 cm³/mol. The highest BCUT2D eigenvalue weighted by atomic mass is 32.2. The zero-order valence-electron chi connectivity index (χ0n) is 19.7. The molecular weight excluding hydrogens is 474 g/mol. The molecule has 3 heterocycles. The number of thioether (sulfide) groups is 1. The Morgan fingerprint density at radius 1 is 1.00 bits per heavy atom. The van der Waals surface area contributed by atoms with Gasteiger partial charge in [0.25, 0.3) is 5.56 Å². The number of rotatable bonds is 7. The Hall–Kier alpha value is -2.45. The van der Waals surface area contributed by atoms with E-state index in [1.54, 1.807) is 23.1 Å². The van der Waals surface area contributed by atoms with Gasteiger partial charge in [-0.05, 0) is 36.0 Å². The molecule has 1 aliphatic heterocycles. The Morgan fingerprint density at radius 2 is 1.74 bits per heavy atom. The van der Waals surface area contributed by atoms with E-state index < -0.39 is 0 Å². The molecule has 5 nitrogen and oxygen atoms in total. The summed E-state index contributed by atoms with van der Waals surface area (Å²) in [5.41, 5.74) is 3.80. The van der Waals surface area contributed by atoms with Gasteiger partial charge in [-0.2, -0.15) is 0 Å². The van der Waals surface area contributed by atoms with Crippen molar-refractivity contribution in [3.8, 4) is 0 Å². The minimum atomic E-state index is 0.107. The molecular formula is C28H29N3O2S2. The molecule has 1 atom stereocenters. The topological polar surface area (TPSA) is 47.4 Å². The van der Waals surface area contributed by atoms with Gasteiger partial charge in [0.15, 0.2) is 5.16 Å². The number of fused-ring (bicyclic) bond motifs is 3. The molecule has 2 aromatic carbocycles. The maximum Gasteiger partial charge on any atom is 0.263 e. The third kappa shape index (κ3) is 4.96. The minimum Gasteiger partial charge on any atom is -0.375 e. The van der Waals surface area contributed by atoms with Crippen molar-refractivity contribution in [1.82, 2.24) is 14.5 Å². The average Bonchev–Trinajstić information content (AvgIpc) is 3.47. The van der Waals surface area contributed by atoms with E-state index in [0.717, 1.165) is 72.2 Å². The lowest BCUT2D eigenvalue weighted by molar-refractivity contribution is -0.0187. The highest BCUT2D eigenvalue weighted by Crippen LogP contribution is 2.36. The molecule has 1 aliphatic carbocycles. The maximum atomic E-state index is 13.8. The number of nitrogens with zero attached hydrogens (tertiary/aromatic N) is 3. The molecule has 0 saturated carbocycles. The number of ether oxygens (including phenoxy) is 1. The molecule has 0 spiro atoms. The number of morpholine rings is 1. The highest BCUT2D eigenvalue weighted by Gasteiger charge is 2.25. The van der Waals surface area contributed by atoms with Crippen LogP contribution in [0, 0.1) is 0 Å². The number of hydrogen-bond donors (Lipinski definition) is 0. The second-order valence-electron chi connectivity index (χ2n) is 9.33. The van der Waals surface area contributed by atoms with Crippen LogP contribution in [0.5, 0.6) is 0 Å². The van der Waals surface area contributed by atoms with Crippen molar-refractivity contribution in [2.75, 3.05) is 25.4 Å². The summed E-state index contributed by atoms with van der Waals surface area (Å²) in [7, 11) is 0. The van der Waals surface area contributed by atoms with Gasteiger partial charge in [-0.25, -0.2) is 4.98 Å². The van der Waals surface area contributed by atoms with E-state index in [-0.39, 0.29) is 11.7 Å². The third-order valence-corrected chi connectivity index (χ3v) is 9.14. The summed E-state index contributed by atoms with van der Waals surface area (Å²) in [5.74, 6) is 0.781. The van der Waals surface area contributed by atoms with Crippen LogP contribution in [-0.4, -0.2) is 46.0 Å². The largest absolute Gasteiger partial charge is 0.375 e. The predicted octanol–water partition coefficient (Wildman–Crippen LogP) is 4.99. The van der Waals surface area contributed by atoms with Crippen LogP contribution in [-0.2, 0) is 30.7 Å². The van der Waals surface area contributed by atoms with E-state index in [1.165, 1.54) is 16.0 Å². The minimum absolute atomic E-state index is 0.107. The van der Waals surface area contributed by atoms with Crippen molar-refractivity contribution < 1.29 is 4.74 Å². The summed E-state index contributed by atoms with van der Waals surface area (Å²) in [6.07, 6.45) is 3.33. The summed E-state index contributed by atoms with van der Waals surface area (Å²) in [5, 5.41) is 1.65. The summed E-state index contributed by atoms with van der Waals surface area (Å²) < 4.78 is 8.01. The van der Waals surface area contributed by atoms with Crippen LogP contribution in [0.2, 0.25) is 0 Å². The Kier molecular flexibility index (Phi) is 6.74. The molecule has 2 aromatic heterocycles. The smallest absolute Gasteiger partial charge is 0.263 e. The van der Waals surface area contributed by atoms with Crippen molar-refractivity contribution in [3.05, 3.63) is 92.6 Å². The monoisotopic (exact) mass is 503 g/mol. The summed E-state index contributed by atoms with van der Waals surface area (Å²) in [4.78, 5) is 23.5. The van der Waals surface area contributed by atoms with Crippen molar-refractivity contribution in [2.24, 2.45) is 0 Å². The van der Waals surface area contributed by atoms with Crippen molar-refractivity contribution in [3.63, 3.8) is 0 Å². The Labute approximate surface area is 213 Å². The third-order valence-electron chi connectivity index (χ3n) is 6.84. The van der Waals surface area contributed by atoms with Crippen molar-refractivity contribution in [1.29, 1.82) is 0 Å². The van der Waals surface area contributed by atoms with Crippen molar-refractivity contribution in [2.45, 2.75) is 43.6 Å². The number of thiophene rings is 1. The molecule has 4 aromatic rings. The normalized spacial score (nSPS) is 18.2. The molecule has 180 valence electrons. The highest BCUT2D eigenvalue weighted by molar-refractivity contribution is 7.99. The van der Waals surface area contributed by atoms with Gasteiger partial charge in [-0.1, -0.05) is 72.4 Å². The maximum absolute atomic E-state index is 13.8. The first-order valence-corrected chi connectivity index (χ1v) is 14.1. The average molecular weight is 504 g/mol. The van der Waals surface area contributed by atoms with Gasteiger partial charge >= 0.3 is 0 Å². The van der Waals surface area contributed by atoms with Gasteiger partial charge in [0, 0.05) is 30.3 Å². The van der Waals surface area contributed by atoms with Gasteiger partial charge in [0.1, 0.15) is 4.83 Å². The Balaban J connectivity index is 1.24. The second-order valence-corrected chi connectivity index (χ2v) is 11.4. The van der Waals surface area contributed by atoms with Gasteiger partial charge < -0.3 is 4.74 Å². The molecule has 1 fully saturated rings. The molecule has 6 rings (SSSR count). The lowest BCUT2D eigenvalue weighted by Gasteiger charge is -2.32. The fourth-order valence-corrected chi connectivity index (χ4v) is 7.41. The first-order chi connectivity index (χ1) is 17.2. The lowest BCUT2D eigenvalue weighted by atomic mass is 10.2. The fourth-order valence-electron chi connectivity index (χ4n) is 5.11. The number of benzene rings is 2. The quantitative estimate of drug-likeness (QED) is 0.263. The van der Waals surface area contributed by atoms with Crippen LogP contribution >= 0.6 is 23.1 Å². The summed E-state index contributed by atoms with van der Waals surface area (Å²) in [6.45, 7) is 4.05. The van der Waals surface area contributed by atoms with Gasteiger partial charge in [-0.3, -0.25) is 14.3 Å². The first-order valence-electron chi connectivity index (χ1n) is 12.3. The molecule has 0 bridgehead atoms. The van der Waals surface area contributed by atoms with Gasteiger partial charge in [0.05, 0.1) is 24.6 Å². The second kappa shape index (κ2) is 10.3. The molecule has 1 unspecified atom stereocenters. The van der Waals surface area contributed by atoms with E-state index in [1.807, 2.05) is 22.8 Å². The van der Waals surface area contributed by atoms with E-state index in [2.05, 4.69) is 47.4 Å². The zero-order chi connectivity index (χ0) is 23.6. The number of hydrogen-bond acceptors (Lipinski definition) is 6. The van der Waals surface area contributed by atoms with Crippen LogP contribution < -0.4 is 5.56 Å². The van der Waals surface area contributed by atoms with Gasteiger partial charge in [0.2, 0.25) is 0 Å².